The van der Waals surface area contributed by atoms with Crippen molar-refractivity contribution in [2.45, 2.75) is 6.92 Å². The van der Waals surface area contributed by atoms with Gasteiger partial charge in [0.15, 0.2) is 5.65 Å². The summed E-state index contributed by atoms with van der Waals surface area (Å²) in [5.74, 6) is 0. The van der Waals surface area contributed by atoms with Gasteiger partial charge in [0.05, 0.1) is 0 Å². The van der Waals surface area contributed by atoms with Crippen molar-refractivity contribution in [1.29, 1.82) is 0 Å². The van der Waals surface area contributed by atoms with Crippen LogP contribution in [0.3, 0.4) is 0 Å². The summed E-state index contributed by atoms with van der Waals surface area (Å²) in [5.41, 5.74) is 4.58. The second kappa shape index (κ2) is 4.17. The summed E-state index contributed by atoms with van der Waals surface area (Å²) in [6.07, 6.45) is 3.85. The Hall–Kier alpha value is -2.68. The predicted octanol–water partition coefficient (Wildman–Crippen LogP) is 3.86. The molecule has 0 bridgehead atoms. The minimum Gasteiger partial charge on any atom is -0.288 e. The normalized spacial score (nSPS) is 11.2. The number of benzene rings is 2. The molecule has 3 heteroatoms. The second-order valence-electron chi connectivity index (χ2n) is 5.02. The van der Waals surface area contributed by atoms with Gasteiger partial charge >= 0.3 is 0 Å². The van der Waals surface area contributed by atoms with E-state index in [1.54, 1.807) is 6.33 Å². The van der Waals surface area contributed by atoms with Gasteiger partial charge in [0.25, 0.3) is 0 Å². The van der Waals surface area contributed by atoms with Crippen LogP contribution in [0.1, 0.15) is 5.56 Å². The molecule has 0 aliphatic carbocycles. The molecule has 2 heterocycles. The SMILES string of the molecule is Cc1ccc(-c2cn3cnnc3c3ccccc23)cc1. The summed E-state index contributed by atoms with van der Waals surface area (Å²) in [6.45, 7) is 2.10. The molecule has 0 radical (unpaired) electrons. The Morgan fingerprint density at radius 1 is 0.900 bits per heavy atom. The monoisotopic (exact) mass is 259 g/mol. The molecule has 4 aromatic rings. The highest BCUT2D eigenvalue weighted by molar-refractivity contribution is 6.03. The fourth-order valence-corrected chi connectivity index (χ4v) is 2.61. The zero-order valence-corrected chi connectivity index (χ0v) is 11.1. The van der Waals surface area contributed by atoms with Crippen molar-refractivity contribution in [2.24, 2.45) is 0 Å². The fraction of sp³-hybridized carbons (Fsp3) is 0.0588. The zero-order chi connectivity index (χ0) is 13.5. The number of pyridine rings is 1. The van der Waals surface area contributed by atoms with Gasteiger partial charge in [-0.2, -0.15) is 0 Å². The lowest BCUT2D eigenvalue weighted by atomic mass is 10.00. The van der Waals surface area contributed by atoms with Gasteiger partial charge in [0.1, 0.15) is 6.33 Å². The molecule has 20 heavy (non-hydrogen) atoms. The third-order valence-electron chi connectivity index (χ3n) is 3.66. The highest BCUT2D eigenvalue weighted by Crippen LogP contribution is 2.30. The Bertz CT molecular complexity index is 904. The molecule has 0 atom stereocenters. The van der Waals surface area contributed by atoms with Crippen molar-refractivity contribution < 1.29 is 0 Å². The van der Waals surface area contributed by atoms with E-state index in [4.69, 9.17) is 0 Å². The molecule has 0 aliphatic heterocycles. The van der Waals surface area contributed by atoms with Gasteiger partial charge in [-0.05, 0) is 17.9 Å². The van der Waals surface area contributed by atoms with Crippen LogP contribution in [-0.4, -0.2) is 14.6 Å². The molecule has 0 unspecified atom stereocenters. The number of aryl methyl sites for hydroxylation is 1. The first-order valence-electron chi connectivity index (χ1n) is 6.61. The maximum Gasteiger partial charge on any atom is 0.168 e. The molecule has 0 aliphatic rings. The van der Waals surface area contributed by atoms with Gasteiger partial charge < -0.3 is 0 Å². The van der Waals surface area contributed by atoms with Crippen molar-refractivity contribution in [2.75, 3.05) is 0 Å². The lowest BCUT2D eigenvalue weighted by molar-refractivity contribution is 1.10. The summed E-state index contributed by atoms with van der Waals surface area (Å²) >= 11 is 0. The van der Waals surface area contributed by atoms with E-state index >= 15 is 0 Å². The van der Waals surface area contributed by atoms with Crippen molar-refractivity contribution in [3.05, 3.63) is 66.6 Å². The molecule has 0 amide bonds. The van der Waals surface area contributed by atoms with Crippen LogP contribution >= 0.6 is 0 Å². The van der Waals surface area contributed by atoms with Crippen molar-refractivity contribution in [1.82, 2.24) is 14.6 Å². The molecule has 3 nitrogen and oxygen atoms in total. The van der Waals surface area contributed by atoms with Crippen LogP contribution in [0.15, 0.2) is 61.1 Å². The summed E-state index contributed by atoms with van der Waals surface area (Å²) < 4.78 is 1.98. The highest BCUT2D eigenvalue weighted by atomic mass is 15.2. The van der Waals surface area contributed by atoms with Gasteiger partial charge in [0.2, 0.25) is 0 Å². The molecule has 0 spiro atoms. The maximum absolute atomic E-state index is 4.21. The van der Waals surface area contributed by atoms with E-state index < -0.39 is 0 Å². The Morgan fingerprint density at radius 2 is 1.65 bits per heavy atom. The van der Waals surface area contributed by atoms with Crippen molar-refractivity contribution in [3.63, 3.8) is 0 Å². The van der Waals surface area contributed by atoms with Crippen LogP contribution in [0.5, 0.6) is 0 Å². The standard InChI is InChI=1S/C17H13N3/c1-12-6-8-13(9-7-12)16-10-20-11-18-19-17(20)15-5-3-2-4-14(15)16/h2-11H,1H3. The first-order valence-corrected chi connectivity index (χ1v) is 6.61. The minimum atomic E-state index is 0.900. The first-order chi connectivity index (χ1) is 9.83. The smallest absolute Gasteiger partial charge is 0.168 e. The first kappa shape index (κ1) is 11.2. The van der Waals surface area contributed by atoms with Crippen molar-refractivity contribution >= 4 is 16.4 Å². The molecule has 2 aromatic heterocycles. The zero-order valence-electron chi connectivity index (χ0n) is 11.1. The average Bonchev–Trinajstić information content (AvgIpc) is 2.96. The van der Waals surface area contributed by atoms with Gasteiger partial charge in [-0.25, -0.2) is 0 Å². The van der Waals surface area contributed by atoms with E-state index in [1.807, 2.05) is 10.5 Å². The number of nitrogens with zero attached hydrogens (tertiary/aromatic N) is 3. The average molecular weight is 259 g/mol. The Morgan fingerprint density at radius 3 is 2.45 bits per heavy atom. The summed E-state index contributed by atoms with van der Waals surface area (Å²) in [6, 6.07) is 16.9. The number of rotatable bonds is 1. The van der Waals surface area contributed by atoms with Crippen LogP contribution < -0.4 is 0 Å². The summed E-state index contributed by atoms with van der Waals surface area (Å²) in [7, 11) is 0. The second-order valence-corrected chi connectivity index (χ2v) is 5.02. The molecule has 0 fully saturated rings. The maximum atomic E-state index is 4.21. The van der Waals surface area contributed by atoms with E-state index in [2.05, 4.69) is 65.8 Å². The third kappa shape index (κ3) is 1.60. The van der Waals surface area contributed by atoms with E-state index in [0.717, 1.165) is 11.0 Å². The molecule has 0 saturated heterocycles. The third-order valence-corrected chi connectivity index (χ3v) is 3.66. The topological polar surface area (TPSA) is 30.2 Å². The van der Waals surface area contributed by atoms with Gasteiger partial charge in [-0.15, -0.1) is 10.2 Å². The highest BCUT2D eigenvalue weighted by Gasteiger charge is 2.09. The summed E-state index contributed by atoms with van der Waals surface area (Å²) in [4.78, 5) is 0. The Balaban J connectivity index is 2.13. The Labute approximate surface area is 116 Å². The predicted molar refractivity (Wildman–Crippen MR) is 80.7 cm³/mol. The minimum absolute atomic E-state index is 0.900. The number of fused-ring (bicyclic) bond motifs is 3. The summed E-state index contributed by atoms with van der Waals surface area (Å²) in [5, 5.41) is 10.6. The quantitative estimate of drug-likeness (QED) is 0.519. The lowest BCUT2D eigenvalue weighted by Crippen LogP contribution is -1.90. The number of aromatic nitrogens is 3. The largest absolute Gasteiger partial charge is 0.288 e. The molecular formula is C17H13N3. The van der Waals surface area contributed by atoms with Gasteiger partial charge in [0, 0.05) is 17.1 Å². The molecule has 96 valence electrons. The van der Waals surface area contributed by atoms with Crippen LogP contribution in [0, 0.1) is 6.92 Å². The lowest BCUT2D eigenvalue weighted by Gasteiger charge is -2.09. The van der Waals surface area contributed by atoms with Crippen LogP contribution in [0.2, 0.25) is 0 Å². The van der Waals surface area contributed by atoms with E-state index in [-0.39, 0.29) is 0 Å². The molecule has 0 saturated carbocycles. The van der Waals surface area contributed by atoms with E-state index in [0.29, 0.717) is 0 Å². The number of hydrogen-bond donors (Lipinski definition) is 0. The fourth-order valence-electron chi connectivity index (χ4n) is 2.61. The van der Waals surface area contributed by atoms with E-state index in [9.17, 15) is 0 Å². The van der Waals surface area contributed by atoms with Gasteiger partial charge in [-0.1, -0.05) is 54.1 Å². The molecule has 4 rings (SSSR count). The molecular weight excluding hydrogens is 246 g/mol. The van der Waals surface area contributed by atoms with Crippen LogP contribution in [0.4, 0.5) is 0 Å². The van der Waals surface area contributed by atoms with Gasteiger partial charge in [-0.3, -0.25) is 4.40 Å². The van der Waals surface area contributed by atoms with E-state index in [1.165, 1.54) is 22.1 Å². The van der Waals surface area contributed by atoms with Crippen LogP contribution in [-0.2, 0) is 0 Å². The van der Waals surface area contributed by atoms with Crippen LogP contribution in [0.25, 0.3) is 27.5 Å². The molecule has 2 aromatic carbocycles. The molecule has 0 N–H and O–H groups in total. The number of hydrogen-bond acceptors (Lipinski definition) is 2. The Kier molecular flexibility index (Phi) is 2.33. The van der Waals surface area contributed by atoms with Crippen molar-refractivity contribution in [3.8, 4) is 11.1 Å².